The van der Waals surface area contributed by atoms with Gasteiger partial charge in [0.05, 0.1) is 6.04 Å². The van der Waals surface area contributed by atoms with Gasteiger partial charge in [0.25, 0.3) is 0 Å². The van der Waals surface area contributed by atoms with Crippen LogP contribution in [0, 0.1) is 5.92 Å². The smallest absolute Gasteiger partial charge is 0.0593 e. The summed E-state index contributed by atoms with van der Waals surface area (Å²) in [4.78, 5) is 4.00. The van der Waals surface area contributed by atoms with Crippen LogP contribution in [0.4, 0.5) is 0 Å². The largest absolute Gasteiger partial charge is 0.326 e. The average Bonchev–Trinajstić information content (AvgIpc) is 2.71. The molecule has 1 fully saturated rings. The van der Waals surface area contributed by atoms with E-state index in [1.54, 1.807) is 0 Å². The fraction of sp³-hybridized carbons (Fsp3) is 0.714. The number of rotatable bonds is 3. The average molecular weight is 331 g/mol. The fourth-order valence-corrected chi connectivity index (χ4v) is 4.65. The molecule has 2 N–H and O–H groups in total. The van der Waals surface area contributed by atoms with Crippen molar-refractivity contribution >= 4 is 27.3 Å². The first kappa shape index (κ1) is 14.5. The van der Waals surface area contributed by atoms with Gasteiger partial charge in [0.2, 0.25) is 0 Å². The Morgan fingerprint density at radius 2 is 2.22 bits per heavy atom. The quantitative estimate of drug-likeness (QED) is 0.906. The molecule has 0 saturated carbocycles. The Labute approximate surface area is 123 Å². The van der Waals surface area contributed by atoms with Crippen molar-refractivity contribution in [1.29, 1.82) is 0 Å². The highest BCUT2D eigenvalue weighted by atomic mass is 79.9. The molecule has 102 valence electrons. The Balaban J connectivity index is 2.24. The lowest BCUT2D eigenvalue weighted by Crippen LogP contribution is -2.49. The third-order valence-electron chi connectivity index (χ3n) is 4.16. The Bertz CT molecular complexity index is 391. The van der Waals surface area contributed by atoms with E-state index >= 15 is 0 Å². The molecule has 1 saturated heterocycles. The molecule has 1 aliphatic heterocycles. The molecule has 2 heterocycles. The third kappa shape index (κ3) is 2.98. The van der Waals surface area contributed by atoms with Crippen LogP contribution in [0.5, 0.6) is 0 Å². The number of hydrogen-bond acceptors (Lipinski definition) is 3. The number of halogens is 1. The molecule has 4 atom stereocenters. The lowest BCUT2D eigenvalue weighted by atomic mass is 9.89. The zero-order valence-electron chi connectivity index (χ0n) is 11.4. The first-order valence-electron chi connectivity index (χ1n) is 6.76. The zero-order valence-corrected chi connectivity index (χ0v) is 13.8. The van der Waals surface area contributed by atoms with E-state index in [0.717, 1.165) is 5.92 Å². The molecule has 18 heavy (non-hydrogen) atoms. The second-order valence-corrected chi connectivity index (χ2v) is 7.43. The zero-order chi connectivity index (χ0) is 13.3. The number of hydrogen-bond donors (Lipinski definition) is 1. The van der Waals surface area contributed by atoms with Crippen molar-refractivity contribution in [2.75, 3.05) is 6.54 Å². The van der Waals surface area contributed by atoms with Gasteiger partial charge in [-0.3, -0.25) is 4.90 Å². The summed E-state index contributed by atoms with van der Waals surface area (Å²) < 4.78 is 1.17. The van der Waals surface area contributed by atoms with Crippen LogP contribution in [-0.2, 0) is 0 Å². The number of piperidine rings is 1. The monoisotopic (exact) mass is 330 g/mol. The lowest BCUT2D eigenvalue weighted by molar-refractivity contribution is 0.0595. The molecule has 1 aliphatic rings. The molecule has 4 heteroatoms. The molecule has 0 bridgehead atoms. The highest BCUT2D eigenvalue weighted by Crippen LogP contribution is 2.36. The SMILES string of the molecule is CC(N)C(c1cc(Br)cs1)N1CCCC(C)C1C. The first-order chi connectivity index (χ1) is 8.50. The number of nitrogens with zero attached hydrogens (tertiary/aromatic N) is 1. The summed E-state index contributed by atoms with van der Waals surface area (Å²) in [6.45, 7) is 8.01. The summed E-state index contributed by atoms with van der Waals surface area (Å²) in [5, 5.41) is 2.16. The Morgan fingerprint density at radius 3 is 2.78 bits per heavy atom. The van der Waals surface area contributed by atoms with Gasteiger partial charge in [0, 0.05) is 26.8 Å². The maximum Gasteiger partial charge on any atom is 0.0593 e. The molecule has 2 rings (SSSR count). The van der Waals surface area contributed by atoms with Gasteiger partial charge < -0.3 is 5.73 Å². The maximum absolute atomic E-state index is 6.27. The number of nitrogens with two attached hydrogens (primary N) is 1. The van der Waals surface area contributed by atoms with Crippen LogP contribution in [0.1, 0.15) is 44.5 Å². The van der Waals surface area contributed by atoms with E-state index in [1.807, 2.05) is 11.3 Å². The second-order valence-electron chi connectivity index (χ2n) is 5.57. The van der Waals surface area contributed by atoms with E-state index in [9.17, 15) is 0 Å². The van der Waals surface area contributed by atoms with Gasteiger partial charge in [0.1, 0.15) is 0 Å². The molecule has 1 aromatic rings. The van der Waals surface area contributed by atoms with Crippen LogP contribution in [0.2, 0.25) is 0 Å². The Morgan fingerprint density at radius 1 is 1.50 bits per heavy atom. The van der Waals surface area contributed by atoms with Crippen LogP contribution in [0.3, 0.4) is 0 Å². The summed E-state index contributed by atoms with van der Waals surface area (Å²) in [6, 6.07) is 3.38. The predicted molar refractivity (Wildman–Crippen MR) is 83.0 cm³/mol. The van der Waals surface area contributed by atoms with Crippen molar-refractivity contribution < 1.29 is 0 Å². The predicted octanol–water partition coefficient (Wildman–Crippen LogP) is 4.02. The highest BCUT2D eigenvalue weighted by molar-refractivity contribution is 9.10. The van der Waals surface area contributed by atoms with E-state index in [4.69, 9.17) is 5.73 Å². The molecule has 0 aromatic carbocycles. The van der Waals surface area contributed by atoms with Gasteiger partial charge in [-0.05, 0) is 61.1 Å². The van der Waals surface area contributed by atoms with Crippen molar-refractivity contribution in [3.63, 3.8) is 0 Å². The molecule has 0 amide bonds. The molecule has 0 radical (unpaired) electrons. The van der Waals surface area contributed by atoms with Crippen LogP contribution in [-0.4, -0.2) is 23.5 Å². The van der Waals surface area contributed by atoms with Gasteiger partial charge in [0.15, 0.2) is 0 Å². The molecule has 0 spiro atoms. The highest BCUT2D eigenvalue weighted by Gasteiger charge is 2.33. The van der Waals surface area contributed by atoms with Crippen molar-refractivity contribution in [1.82, 2.24) is 4.90 Å². The van der Waals surface area contributed by atoms with E-state index in [1.165, 1.54) is 28.7 Å². The standard InChI is InChI=1S/C14H23BrN2S/c1-9-5-4-6-17(11(9)3)14(10(2)16)13-7-12(15)8-18-13/h7-11,14H,4-6,16H2,1-3H3. The van der Waals surface area contributed by atoms with Gasteiger partial charge in [-0.2, -0.15) is 0 Å². The number of thiophene rings is 1. The molecule has 0 aliphatic carbocycles. The summed E-state index contributed by atoms with van der Waals surface area (Å²) in [6.07, 6.45) is 2.64. The van der Waals surface area contributed by atoms with E-state index in [2.05, 4.69) is 53.0 Å². The summed E-state index contributed by atoms with van der Waals surface area (Å²) in [5.41, 5.74) is 6.27. The molecular weight excluding hydrogens is 308 g/mol. The van der Waals surface area contributed by atoms with E-state index < -0.39 is 0 Å². The van der Waals surface area contributed by atoms with Gasteiger partial charge >= 0.3 is 0 Å². The van der Waals surface area contributed by atoms with Gasteiger partial charge in [-0.1, -0.05) is 6.92 Å². The second kappa shape index (κ2) is 6.04. The molecular formula is C14H23BrN2S. The van der Waals surface area contributed by atoms with E-state index in [0.29, 0.717) is 12.1 Å². The maximum atomic E-state index is 6.27. The minimum absolute atomic E-state index is 0.170. The lowest BCUT2D eigenvalue weighted by Gasteiger charge is -2.44. The van der Waals surface area contributed by atoms with Crippen molar-refractivity contribution in [3.05, 3.63) is 20.8 Å². The minimum Gasteiger partial charge on any atom is -0.326 e. The van der Waals surface area contributed by atoms with Crippen LogP contribution in [0.15, 0.2) is 15.9 Å². The van der Waals surface area contributed by atoms with Crippen molar-refractivity contribution in [2.45, 2.75) is 51.7 Å². The normalized spacial score (nSPS) is 29.2. The van der Waals surface area contributed by atoms with Crippen molar-refractivity contribution in [2.24, 2.45) is 11.7 Å². The van der Waals surface area contributed by atoms with Crippen LogP contribution >= 0.6 is 27.3 Å². The molecule has 2 nitrogen and oxygen atoms in total. The van der Waals surface area contributed by atoms with Crippen molar-refractivity contribution in [3.8, 4) is 0 Å². The summed E-state index contributed by atoms with van der Waals surface area (Å²) in [5.74, 6) is 0.767. The Hall–Kier alpha value is 0.1000. The Kier molecular flexibility index (Phi) is 4.86. The van der Waals surface area contributed by atoms with Gasteiger partial charge in [-0.25, -0.2) is 0 Å². The van der Waals surface area contributed by atoms with Crippen LogP contribution in [0.25, 0.3) is 0 Å². The number of likely N-dealkylation sites (tertiary alicyclic amines) is 1. The minimum atomic E-state index is 0.170. The summed E-state index contributed by atoms with van der Waals surface area (Å²) >= 11 is 5.37. The van der Waals surface area contributed by atoms with E-state index in [-0.39, 0.29) is 6.04 Å². The third-order valence-corrected chi connectivity index (χ3v) is 5.92. The topological polar surface area (TPSA) is 29.3 Å². The first-order valence-corrected chi connectivity index (χ1v) is 8.43. The fourth-order valence-electron chi connectivity index (χ4n) is 2.97. The molecule has 1 aromatic heterocycles. The van der Waals surface area contributed by atoms with Gasteiger partial charge in [-0.15, -0.1) is 11.3 Å². The molecule has 4 unspecified atom stereocenters. The summed E-state index contributed by atoms with van der Waals surface area (Å²) in [7, 11) is 0. The van der Waals surface area contributed by atoms with Crippen LogP contribution < -0.4 is 5.73 Å².